The highest BCUT2D eigenvalue weighted by Gasteiger charge is 2.19. The summed E-state index contributed by atoms with van der Waals surface area (Å²) in [6.07, 6.45) is 0. The molecule has 0 aliphatic rings. The lowest BCUT2D eigenvalue weighted by Crippen LogP contribution is -2.38. The van der Waals surface area contributed by atoms with Crippen molar-refractivity contribution >= 4 is 5.91 Å². The molecular weight excluding hydrogens is 266 g/mol. The van der Waals surface area contributed by atoms with E-state index in [4.69, 9.17) is 16.2 Å². The smallest absolute Gasteiger partial charge is 0.255 e. The van der Waals surface area contributed by atoms with Crippen LogP contribution in [0.2, 0.25) is 0 Å². The Hall–Kier alpha value is -1.59. The SMILES string of the molecule is CCN(Cc1ccc(OCC(N)=O)cc1)CC(C)(C)CN. The lowest BCUT2D eigenvalue weighted by Gasteiger charge is -2.31. The van der Waals surface area contributed by atoms with Crippen LogP contribution in [0.3, 0.4) is 0 Å². The third-order valence-electron chi connectivity index (χ3n) is 3.36. The second-order valence-corrected chi connectivity index (χ2v) is 6.07. The van der Waals surface area contributed by atoms with Crippen LogP contribution < -0.4 is 16.2 Å². The molecule has 0 atom stereocenters. The number of carbonyl (C=O) groups excluding carboxylic acids is 1. The molecule has 0 unspecified atom stereocenters. The van der Waals surface area contributed by atoms with Gasteiger partial charge in [0.2, 0.25) is 0 Å². The Bertz CT molecular complexity index is 443. The second-order valence-electron chi connectivity index (χ2n) is 6.07. The van der Waals surface area contributed by atoms with Gasteiger partial charge in [0, 0.05) is 13.1 Å². The highest BCUT2D eigenvalue weighted by Crippen LogP contribution is 2.18. The van der Waals surface area contributed by atoms with Gasteiger partial charge in [-0.2, -0.15) is 0 Å². The average molecular weight is 293 g/mol. The lowest BCUT2D eigenvalue weighted by atomic mass is 9.93. The number of nitrogens with zero attached hydrogens (tertiary/aromatic N) is 1. The minimum atomic E-state index is -0.472. The first kappa shape index (κ1) is 17.5. The summed E-state index contributed by atoms with van der Waals surface area (Å²) in [7, 11) is 0. The van der Waals surface area contributed by atoms with Crippen molar-refractivity contribution in [1.29, 1.82) is 0 Å². The number of ether oxygens (including phenoxy) is 1. The van der Waals surface area contributed by atoms with Gasteiger partial charge in [0.1, 0.15) is 5.75 Å². The van der Waals surface area contributed by atoms with Gasteiger partial charge >= 0.3 is 0 Å². The van der Waals surface area contributed by atoms with E-state index in [0.717, 1.165) is 19.6 Å². The summed E-state index contributed by atoms with van der Waals surface area (Å²) in [5, 5.41) is 0. The number of hydrogen-bond donors (Lipinski definition) is 2. The monoisotopic (exact) mass is 293 g/mol. The molecule has 118 valence electrons. The van der Waals surface area contributed by atoms with Crippen molar-refractivity contribution in [1.82, 2.24) is 4.90 Å². The van der Waals surface area contributed by atoms with E-state index < -0.39 is 5.91 Å². The third kappa shape index (κ3) is 6.60. The van der Waals surface area contributed by atoms with Crippen LogP contribution in [0.5, 0.6) is 5.75 Å². The molecule has 1 amide bonds. The van der Waals surface area contributed by atoms with Gasteiger partial charge in [0.15, 0.2) is 6.61 Å². The molecule has 0 aromatic heterocycles. The summed E-state index contributed by atoms with van der Waals surface area (Å²) in [5.41, 5.74) is 12.2. The quantitative estimate of drug-likeness (QED) is 0.720. The molecule has 4 N–H and O–H groups in total. The van der Waals surface area contributed by atoms with Crippen LogP contribution in [0, 0.1) is 5.41 Å². The van der Waals surface area contributed by atoms with Gasteiger partial charge in [0.25, 0.3) is 5.91 Å². The molecule has 1 aromatic carbocycles. The predicted molar refractivity (Wildman–Crippen MR) is 84.9 cm³/mol. The molecule has 1 rings (SSSR count). The maximum atomic E-state index is 10.7. The van der Waals surface area contributed by atoms with Gasteiger partial charge < -0.3 is 16.2 Å². The molecule has 0 bridgehead atoms. The topological polar surface area (TPSA) is 81.6 Å². The van der Waals surface area contributed by atoms with E-state index in [1.54, 1.807) is 0 Å². The molecule has 0 fully saturated rings. The Morgan fingerprint density at radius 2 is 1.90 bits per heavy atom. The van der Waals surface area contributed by atoms with E-state index in [1.807, 2.05) is 24.3 Å². The number of nitrogens with two attached hydrogens (primary N) is 2. The molecule has 0 saturated heterocycles. The summed E-state index contributed by atoms with van der Waals surface area (Å²) in [5.74, 6) is 0.183. The number of benzene rings is 1. The number of rotatable bonds is 9. The van der Waals surface area contributed by atoms with E-state index >= 15 is 0 Å². The molecule has 0 spiro atoms. The van der Waals surface area contributed by atoms with Crippen molar-refractivity contribution in [3.63, 3.8) is 0 Å². The zero-order valence-corrected chi connectivity index (χ0v) is 13.3. The second kappa shape index (κ2) is 8.00. The predicted octanol–water partition coefficient (Wildman–Crippen LogP) is 1.36. The summed E-state index contributed by atoms with van der Waals surface area (Å²) in [6.45, 7) is 9.89. The standard InChI is InChI=1S/C16H27N3O2/c1-4-19(12-16(2,3)11-17)9-13-5-7-14(8-6-13)21-10-15(18)20/h5-8H,4,9-12,17H2,1-3H3,(H2,18,20). The lowest BCUT2D eigenvalue weighted by molar-refractivity contribution is -0.119. The molecule has 0 saturated carbocycles. The molecule has 5 heteroatoms. The number of carbonyl (C=O) groups is 1. The van der Waals surface area contributed by atoms with Gasteiger partial charge in [-0.15, -0.1) is 0 Å². The number of hydrogen-bond acceptors (Lipinski definition) is 4. The van der Waals surface area contributed by atoms with Crippen LogP contribution in [0.25, 0.3) is 0 Å². The van der Waals surface area contributed by atoms with Crippen LogP contribution in [-0.4, -0.2) is 37.0 Å². The van der Waals surface area contributed by atoms with E-state index in [-0.39, 0.29) is 12.0 Å². The van der Waals surface area contributed by atoms with Gasteiger partial charge in [-0.1, -0.05) is 32.9 Å². The van der Waals surface area contributed by atoms with Crippen molar-refractivity contribution in [2.75, 3.05) is 26.2 Å². The maximum Gasteiger partial charge on any atom is 0.255 e. The van der Waals surface area contributed by atoms with Crippen molar-refractivity contribution in [2.24, 2.45) is 16.9 Å². The summed E-state index contributed by atoms with van der Waals surface area (Å²) in [4.78, 5) is 13.0. The molecule has 21 heavy (non-hydrogen) atoms. The van der Waals surface area contributed by atoms with Crippen LogP contribution >= 0.6 is 0 Å². The van der Waals surface area contributed by atoms with Crippen LogP contribution in [0.15, 0.2) is 24.3 Å². The number of primary amides is 1. The molecule has 5 nitrogen and oxygen atoms in total. The zero-order valence-electron chi connectivity index (χ0n) is 13.3. The minimum Gasteiger partial charge on any atom is -0.484 e. The Balaban J connectivity index is 2.58. The van der Waals surface area contributed by atoms with Crippen molar-refractivity contribution in [3.05, 3.63) is 29.8 Å². The van der Waals surface area contributed by atoms with Crippen molar-refractivity contribution in [3.8, 4) is 5.75 Å². The molecule has 0 radical (unpaired) electrons. The Morgan fingerprint density at radius 3 is 2.38 bits per heavy atom. The maximum absolute atomic E-state index is 10.7. The van der Waals surface area contributed by atoms with Gasteiger partial charge in [-0.05, 0) is 36.2 Å². The first-order valence-corrected chi connectivity index (χ1v) is 7.29. The van der Waals surface area contributed by atoms with E-state index in [0.29, 0.717) is 12.3 Å². The third-order valence-corrected chi connectivity index (χ3v) is 3.36. The van der Waals surface area contributed by atoms with E-state index in [2.05, 4.69) is 25.7 Å². The van der Waals surface area contributed by atoms with Crippen LogP contribution in [0.1, 0.15) is 26.3 Å². The minimum absolute atomic E-state index is 0.0921. The van der Waals surface area contributed by atoms with Gasteiger partial charge in [-0.3, -0.25) is 9.69 Å². The highest BCUT2D eigenvalue weighted by atomic mass is 16.5. The fourth-order valence-electron chi connectivity index (χ4n) is 2.05. The fourth-order valence-corrected chi connectivity index (χ4v) is 2.05. The normalized spacial score (nSPS) is 11.7. The summed E-state index contributed by atoms with van der Waals surface area (Å²) < 4.78 is 5.25. The van der Waals surface area contributed by atoms with E-state index in [9.17, 15) is 4.79 Å². The van der Waals surface area contributed by atoms with Gasteiger partial charge in [0.05, 0.1) is 0 Å². The molecular formula is C16H27N3O2. The van der Waals surface area contributed by atoms with E-state index in [1.165, 1.54) is 5.56 Å². The highest BCUT2D eigenvalue weighted by molar-refractivity contribution is 5.75. The molecule has 1 aromatic rings. The first-order valence-electron chi connectivity index (χ1n) is 7.29. The first-order chi connectivity index (χ1) is 9.86. The van der Waals surface area contributed by atoms with Crippen molar-refractivity contribution < 1.29 is 9.53 Å². The fraction of sp³-hybridized carbons (Fsp3) is 0.562. The summed E-state index contributed by atoms with van der Waals surface area (Å²) in [6, 6.07) is 7.74. The molecule has 0 aliphatic carbocycles. The van der Waals surface area contributed by atoms with Crippen LogP contribution in [0.4, 0.5) is 0 Å². The van der Waals surface area contributed by atoms with Crippen LogP contribution in [-0.2, 0) is 11.3 Å². The Labute approximate surface area is 127 Å². The largest absolute Gasteiger partial charge is 0.484 e. The van der Waals surface area contributed by atoms with Gasteiger partial charge in [-0.25, -0.2) is 0 Å². The zero-order chi connectivity index (χ0) is 15.9. The van der Waals surface area contributed by atoms with Crippen molar-refractivity contribution in [2.45, 2.75) is 27.3 Å². The Kier molecular flexibility index (Phi) is 6.65. The number of amides is 1. The summed E-state index contributed by atoms with van der Waals surface area (Å²) >= 11 is 0. The average Bonchev–Trinajstić information content (AvgIpc) is 2.45. The molecule has 0 heterocycles. The Morgan fingerprint density at radius 1 is 1.29 bits per heavy atom. The molecule has 0 aliphatic heterocycles.